The second-order valence-corrected chi connectivity index (χ2v) is 8.09. The molecule has 3 aromatic heterocycles. The van der Waals surface area contributed by atoms with Crippen molar-refractivity contribution in [3.8, 4) is 11.4 Å². The number of aryl methyl sites for hydroxylation is 1. The highest BCUT2D eigenvalue weighted by Crippen LogP contribution is 2.30. The first-order valence-corrected chi connectivity index (χ1v) is 10.3. The van der Waals surface area contributed by atoms with Crippen LogP contribution >= 0.6 is 0 Å². The summed E-state index contributed by atoms with van der Waals surface area (Å²) < 4.78 is 9.06. The van der Waals surface area contributed by atoms with Crippen molar-refractivity contribution in [1.29, 1.82) is 0 Å². The molecule has 0 saturated carbocycles. The van der Waals surface area contributed by atoms with Crippen molar-refractivity contribution in [2.45, 2.75) is 27.3 Å². The Bertz CT molecular complexity index is 1510. The molecule has 31 heavy (non-hydrogen) atoms. The van der Waals surface area contributed by atoms with Crippen molar-refractivity contribution in [2.75, 3.05) is 7.11 Å². The summed E-state index contributed by atoms with van der Waals surface area (Å²) in [6.45, 7) is 6.64. The molecule has 156 valence electrons. The number of hydrogen-bond donors (Lipinski definition) is 0. The lowest BCUT2D eigenvalue weighted by Gasteiger charge is -2.13. The third-order valence-corrected chi connectivity index (χ3v) is 5.41. The van der Waals surface area contributed by atoms with Gasteiger partial charge in [-0.2, -0.15) is 0 Å². The van der Waals surface area contributed by atoms with Crippen LogP contribution in [-0.2, 0) is 6.54 Å². The zero-order valence-electron chi connectivity index (χ0n) is 18.0. The maximum Gasteiger partial charge on any atom is 0.265 e. The summed E-state index contributed by atoms with van der Waals surface area (Å²) in [5, 5.41) is 0.488. The number of hydrogen-bond acceptors (Lipinski definition) is 5. The number of ether oxygens (including phenoxy) is 1. The van der Waals surface area contributed by atoms with E-state index >= 15 is 0 Å². The number of nitrogens with zero attached hydrogens (tertiary/aromatic N) is 5. The second-order valence-electron chi connectivity index (χ2n) is 8.09. The average Bonchev–Trinajstić information content (AvgIpc) is 3.07. The third-order valence-electron chi connectivity index (χ3n) is 5.41. The Labute approximate surface area is 179 Å². The molecule has 0 bridgehead atoms. The standard InChI is InChI=1S/C24H23N5O2/c1-14(2)13-28-15(3)25-22-20(24(28)30)21-23(27-19-11-6-5-10-18(19)26-21)29(22)16-8-7-9-17(12-16)31-4/h5-12,14H,13H2,1-4H3. The maximum atomic E-state index is 13.6. The molecule has 3 heterocycles. The van der Waals surface area contributed by atoms with Gasteiger partial charge in [-0.05, 0) is 37.1 Å². The molecule has 5 rings (SSSR count). The minimum atomic E-state index is -0.0903. The highest BCUT2D eigenvalue weighted by Gasteiger charge is 2.22. The Morgan fingerprint density at radius 2 is 1.71 bits per heavy atom. The van der Waals surface area contributed by atoms with E-state index in [9.17, 15) is 4.79 Å². The van der Waals surface area contributed by atoms with E-state index in [-0.39, 0.29) is 5.56 Å². The summed E-state index contributed by atoms with van der Waals surface area (Å²) in [7, 11) is 1.63. The molecular formula is C24H23N5O2. The van der Waals surface area contributed by atoms with Crippen molar-refractivity contribution in [3.05, 3.63) is 64.7 Å². The SMILES string of the molecule is COc1cccc(-n2c3nc4ccccc4nc3c3c(=O)n(CC(C)C)c(C)nc32)c1. The van der Waals surface area contributed by atoms with E-state index in [0.717, 1.165) is 16.7 Å². The number of aromatic nitrogens is 5. The van der Waals surface area contributed by atoms with E-state index < -0.39 is 0 Å². The summed E-state index contributed by atoms with van der Waals surface area (Å²) in [4.78, 5) is 28.2. The lowest BCUT2D eigenvalue weighted by Crippen LogP contribution is -2.26. The van der Waals surface area contributed by atoms with Gasteiger partial charge >= 0.3 is 0 Å². The van der Waals surface area contributed by atoms with Crippen molar-refractivity contribution >= 4 is 33.2 Å². The lowest BCUT2D eigenvalue weighted by atomic mass is 10.2. The highest BCUT2D eigenvalue weighted by atomic mass is 16.5. The van der Waals surface area contributed by atoms with Crippen LogP contribution in [0.15, 0.2) is 53.3 Å². The first-order valence-electron chi connectivity index (χ1n) is 10.3. The zero-order valence-corrected chi connectivity index (χ0v) is 18.0. The van der Waals surface area contributed by atoms with Gasteiger partial charge in [-0.3, -0.25) is 13.9 Å². The van der Waals surface area contributed by atoms with Crippen LogP contribution in [0.5, 0.6) is 5.75 Å². The van der Waals surface area contributed by atoms with Crippen LogP contribution in [0.1, 0.15) is 19.7 Å². The number of methoxy groups -OCH3 is 1. The van der Waals surface area contributed by atoms with Gasteiger partial charge in [-0.1, -0.05) is 32.0 Å². The lowest BCUT2D eigenvalue weighted by molar-refractivity contribution is 0.414. The Hall–Kier alpha value is -3.74. The summed E-state index contributed by atoms with van der Waals surface area (Å²) in [6.07, 6.45) is 0. The molecule has 0 amide bonds. The molecule has 0 radical (unpaired) electrons. The van der Waals surface area contributed by atoms with Crippen molar-refractivity contribution < 1.29 is 4.74 Å². The molecule has 0 atom stereocenters. The van der Waals surface area contributed by atoms with E-state index in [1.165, 1.54) is 0 Å². The molecular weight excluding hydrogens is 390 g/mol. The molecule has 0 fully saturated rings. The molecule has 5 aromatic rings. The van der Waals surface area contributed by atoms with Gasteiger partial charge in [0.25, 0.3) is 5.56 Å². The summed E-state index contributed by atoms with van der Waals surface area (Å²) in [5.41, 5.74) is 3.96. The van der Waals surface area contributed by atoms with Crippen molar-refractivity contribution in [3.63, 3.8) is 0 Å². The normalized spacial score (nSPS) is 11.8. The van der Waals surface area contributed by atoms with Crippen molar-refractivity contribution in [2.24, 2.45) is 5.92 Å². The van der Waals surface area contributed by atoms with Gasteiger partial charge in [0.2, 0.25) is 0 Å². The van der Waals surface area contributed by atoms with Crippen LogP contribution in [0.4, 0.5) is 0 Å². The fourth-order valence-electron chi connectivity index (χ4n) is 4.01. The second kappa shape index (κ2) is 7.19. The van der Waals surface area contributed by atoms with Gasteiger partial charge in [-0.25, -0.2) is 15.0 Å². The minimum absolute atomic E-state index is 0.0903. The van der Waals surface area contributed by atoms with E-state index in [1.54, 1.807) is 11.7 Å². The largest absolute Gasteiger partial charge is 0.497 e. The Balaban J connectivity index is 1.98. The third kappa shape index (κ3) is 3.04. The first kappa shape index (κ1) is 19.2. The van der Waals surface area contributed by atoms with Crippen LogP contribution in [0.3, 0.4) is 0 Å². The molecule has 0 aliphatic heterocycles. The molecule has 0 aliphatic carbocycles. The Kier molecular flexibility index (Phi) is 4.46. The zero-order chi connectivity index (χ0) is 21.7. The smallest absolute Gasteiger partial charge is 0.265 e. The van der Waals surface area contributed by atoms with Gasteiger partial charge in [0.05, 0.1) is 23.8 Å². The van der Waals surface area contributed by atoms with Crippen LogP contribution < -0.4 is 10.3 Å². The predicted octanol–water partition coefficient (Wildman–Crippen LogP) is 4.26. The van der Waals surface area contributed by atoms with Gasteiger partial charge in [0.1, 0.15) is 22.5 Å². The van der Waals surface area contributed by atoms with E-state index in [1.807, 2.05) is 60.0 Å². The van der Waals surface area contributed by atoms with E-state index in [4.69, 9.17) is 19.7 Å². The van der Waals surface area contributed by atoms with Crippen LogP contribution in [0.25, 0.3) is 38.9 Å². The van der Waals surface area contributed by atoms with E-state index in [2.05, 4.69) is 13.8 Å². The maximum absolute atomic E-state index is 13.6. The van der Waals surface area contributed by atoms with Gasteiger partial charge in [0.15, 0.2) is 11.3 Å². The summed E-state index contributed by atoms with van der Waals surface area (Å²) in [6, 6.07) is 15.3. The van der Waals surface area contributed by atoms with Gasteiger partial charge in [-0.15, -0.1) is 0 Å². The van der Waals surface area contributed by atoms with Crippen LogP contribution in [-0.4, -0.2) is 31.2 Å². The Morgan fingerprint density at radius 3 is 2.42 bits per heavy atom. The molecule has 2 aromatic carbocycles. The molecule has 0 aliphatic rings. The molecule has 7 nitrogen and oxygen atoms in total. The molecule has 7 heteroatoms. The predicted molar refractivity (Wildman–Crippen MR) is 122 cm³/mol. The molecule has 0 saturated heterocycles. The number of rotatable bonds is 4. The summed E-state index contributed by atoms with van der Waals surface area (Å²) in [5.74, 6) is 1.70. The molecule has 0 unspecified atom stereocenters. The topological polar surface area (TPSA) is 74.8 Å². The Morgan fingerprint density at radius 1 is 0.968 bits per heavy atom. The summed E-state index contributed by atoms with van der Waals surface area (Å²) >= 11 is 0. The quantitative estimate of drug-likeness (QED) is 0.440. The molecule has 0 spiro atoms. The van der Waals surface area contributed by atoms with Crippen molar-refractivity contribution in [1.82, 2.24) is 24.1 Å². The fraction of sp³-hybridized carbons (Fsp3) is 0.250. The van der Waals surface area contributed by atoms with E-state index in [0.29, 0.717) is 46.2 Å². The highest BCUT2D eigenvalue weighted by molar-refractivity contribution is 6.05. The van der Waals surface area contributed by atoms with Gasteiger partial charge in [0, 0.05) is 12.6 Å². The van der Waals surface area contributed by atoms with Crippen LogP contribution in [0.2, 0.25) is 0 Å². The number of benzene rings is 2. The number of para-hydroxylation sites is 2. The number of fused-ring (bicyclic) bond motifs is 4. The van der Waals surface area contributed by atoms with Crippen LogP contribution in [0, 0.1) is 12.8 Å². The molecule has 0 N–H and O–H groups in total. The first-order chi connectivity index (χ1) is 15.0. The fourth-order valence-corrected chi connectivity index (χ4v) is 4.01. The monoisotopic (exact) mass is 413 g/mol. The van der Waals surface area contributed by atoms with Gasteiger partial charge < -0.3 is 4.74 Å². The average molecular weight is 413 g/mol. The minimum Gasteiger partial charge on any atom is -0.497 e.